The summed E-state index contributed by atoms with van der Waals surface area (Å²) < 4.78 is 0. The summed E-state index contributed by atoms with van der Waals surface area (Å²) in [5.41, 5.74) is 2.57. The monoisotopic (exact) mass is 274 g/mol. The Kier molecular flexibility index (Phi) is 5.45. The highest BCUT2D eigenvalue weighted by Gasteiger charge is 2.20. The molecular formula is C17H26N2O. The summed E-state index contributed by atoms with van der Waals surface area (Å²) in [6.07, 6.45) is 4.09. The lowest BCUT2D eigenvalue weighted by molar-refractivity contribution is -0.131. The summed E-state index contributed by atoms with van der Waals surface area (Å²) in [5, 5.41) is 0. The van der Waals surface area contributed by atoms with E-state index in [4.69, 9.17) is 0 Å². The van der Waals surface area contributed by atoms with E-state index in [0.29, 0.717) is 5.91 Å². The summed E-state index contributed by atoms with van der Waals surface area (Å²) in [6, 6.07) is 8.61. The number of piperazine rings is 1. The normalized spacial score (nSPS) is 15.5. The average Bonchev–Trinajstić information content (AvgIpc) is 2.47. The minimum Gasteiger partial charge on any atom is -0.368 e. The van der Waals surface area contributed by atoms with Crippen molar-refractivity contribution in [1.82, 2.24) is 4.90 Å². The minimum absolute atomic E-state index is 0.336. The summed E-state index contributed by atoms with van der Waals surface area (Å²) in [5.74, 6) is 0.336. The standard InChI is InChI=1S/C17H26N2O/c1-3-4-5-9-17(20)19-12-10-18(11-13-19)16-8-6-7-15(2)14-16/h6-8,14H,3-5,9-13H2,1-2H3. The number of carbonyl (C=O) groups excluding carboxylic acids is 1. The van der Waals surface area contributed by atoms with E-state index in [9.17, 15) is 4.79 Å². The zero-order valence-corrected chi connectivity index (χ0v) is 12.8. The summed E-state index contributed by atoms with van der Waals surface area (Å²) >= 11 is 0. The molecule has 0 aromatic heterocycles. The largest absolute Gasteiger partial charge is 0.368 e. The molecule has 0 N–H and O–H groups in total. The van der Waals surface area contributed by atoms with Crippen LogP contribution in [0, 0.1) is 6.92 Å². The molecule has 1 saturated heterocycles. The molecule has 1 amide bonds. The average molecular weight is 274 g/mol. The minimum atomic E-state index is 0.336. The van der Waals surface area contributed by atoms with Crippen LogP contribution < -0.4 is 4.90 Å². The Labute approximate surface area is 122 Å². The Morgan fingerprint density at radius 3 is 2.55 bits per heavy atom. The van der Waals surface area contributed by atoms with Crippen molar-refractivity contribution in [3.8, 4) is 0 Å². The maximum absolute atomic E-state index is 12.1. The van der Waals surface area contributed by atoms with Gasteiger partial charge in [-0.2, -0.15) is 0 Å². The van der Waals surface area contributed by atoms with E-state index in [0.717, 1.165) is 45.4 Å². The Morgan fingerprint density at radius 2 is 1.90 bits per heavy atom. The summed E-state index contributed by atoms with van der Waals surface area (Å²) in [4.78, 5) is 16.5. The van der Waals surface area contributed by atoms with Gasteiger partial charge in [0.25, 0.3) is 0 Å². The van der Waals surface area contributed by atoms with Crippen LogP contribution in [0.1, 0.15) is 38.2 Å². The first-order valence-electron chi connectivity index (χ1n) is 7.80. The summed E-state index contributed by atoms with van der Waals surface area (Å²) in [7, 11) is 0. The third-order valence-electron chi connectivity index (χ3n) is 3.99. The molecule has 20 heavy (non-hydrogen) atoms. The van der Waals surface area contributed by atoms with Crippen molar-refractivity contribution >= 4 is 11.6 Å². The fourth-order valence-corrected chi connectivity index (χ4v) is 2.72. The van der Waals surface area contributed by atoms with Gasteiger partial charge in [0.1, 0.15) is 0 Å². The van der Waals surface area contributed by atoms with Crippen LogP contribution in [0.15, 0.2) is 24.3 Å². The van der Waals surface area contributed by atoms with Crippen LogP contribution in [0.4, 0.5) is 5.69 Å². The predicted octanol–water partition coefficient (Wildman–Crippen LogP) is 3.22. The van der Waals surface area contributed by atoms with Gasteiger partial charge in [-0.05, 0) is 31.0 Å². The lowest BCUT2D eigenvalue weighted by atomic mass is 10.1. The van der Waals surface area contributed by atoms with Crippen LogP contribution in [0.3, 0.4) is 0 Å². The van der Waals surface area contributed by atoms with Crippen LogP contribution >= 0.6 is 0 Å². The van der Waals surface area contributed by atoms with Gasteiger partial charge in [-0.15, -0.1) is 0 Å². The highest BCUT2D eigenvalue weighted by molar-refractivity contribution is 5.76. The second-order valence-corrected chi connectivity index (χ2v) is 5.66. The number of carbonyl (C=O) groups is 1. The number of anilines is 1. The molecule has 1 aromatic carbocycles. The molecule has 0 radical (unpaired) electrons. The van der Waals surface area contributed by atoms with Crippen molar-refractivity contribution in [2.75, 3.05) is 31.1 Å². The number of aryl methyl sites for hydroxylation is 1. The number of benzene rings is 1. The van der Waals surface area contributed by atoms with Crippen molar-refractivity contribution in [1.29, 1.82) is 0 Å². The van der Waals surface area contributed by atoms with Gasteiger partial charge in [0.2, 0.25) is 5.91 Å². The Balaban J connectivity index is 1.81. The highest BCUT2D eigenvalue weighted by Crippen LogP contribution is 2.18. The van der Waals surface area contributed by atoms with E-state index >= 15 is 0 Å². The predicted molar refractivity (Wildman–Crippen MR) is 84.1 cm³/mol. The first-order valence-corrected chi connectivity index (χ1v) is 7.80. The van der Waals surface area contributed by atoms with Crippen LogP contribution in [-0.4, -0.2) is 37.0 Å². The molecule has 3 heteroatoms. The number of amides is 1. The molecule has 1 aliphatic heterocycles. The van der Waals surface area contributed by atoms with Crippen LogP contribution in [-0.2, 0) is 4.79 Å². The molecule has 3 nitrogen and oxygen atoms in total. The van der Waals surface area contributed by atoms with Crippen LogP contribution in [0.25, 0.3) is 0 Å². The zero-order valence-electron chi connectivity index (χ0n) is 12.8. The smallest absolute Gasteiger partial charge is 0.222 e. The van der Waals surface area contributed by atoms with E-state index in [2.05, 4.69) is 43.0 Å². The number of nitrogens with zero attached hydrogens (tertiary/aromatic N) is 2. The van der Waals surface area contributed by atoms with Crippen LogP contribution in [0.5, 0.6) is 0 Å². The fourth-order valence-electron chi connectivity index (χ4n) is 2.72. The van der Waals surface area contributed by atoms with E-state index in [-0.39, 0.29) is 0 Å². The highest BCUT2D eigenvalue weighted by atomic mass is 16.2. The molecule has 0 aliphatic carbocycles. The van der Waals surface area contributed by atoms with Gasteiger partial charge in [0.15, 0.2) is 0 Å². The van der Waals surface area contributed by atoms with Gasteiger partial charge in [0, 0.05) is 38.3 Å². The second-order valence-electron chi connectivity index (χ2n) is 5.66. The van der Waals surface area contributed by atoms with Gasteiger partial charge in [-0.3, -0.25) is 4.79 Å². The molecule has 0 bridgehead atoms. The third kappa shape index (κ3) is 3.99. The summed E-state index contributed by atoms with van der Waals surface area (Å²) in [6.45, 7) is 7.91. The Bertz CT molecular complexity index is 436. The van der Waals surface area contributed by atoms with Crippen molar-refractivity contribution in [3.63, 3.8) is 0 Å². The molecule has 0 unspecified atom stereocenters. The maximum Gasteiger partial charge on any atom is 0.222 e. The third-order valence-corrected chi connectivity index (χ3v) is 3.99. The van der Waals surface area contributed by atoms with Crippen molar-refractivity contribution in [2.24, 2.45) is 0 Å². The Morgan fingerprint density at radius 1 is 1.15 bits per heavy atom. The Hall–Kier alpha value is -1.51. The molecule has 1 aromatic rings. The molecule has 1 fully saturated rings. The lowest BCUT2D eigenvalue weighted by Crippen LogP contribution is -2.48. The van der Waals surface area contributed by atoms with E-state index < -0.39 is 0 Å². The van der Waals surface area contributed by atoms with Crippen molar-refractivity contribution in [2.45, 2.75) is 39.5 Å². The molecule has 0 saturated carbocycles. The van der Waals surface area contributed by atoms with E-state index in [1.807, 2.05) is 4.90 Å². The molecule has 1 heterocycles. The quantitative estimate of drug-likeness (QED) is 0.770. The fraction of sp³-hybridized carbons (Fsp3) is 0.588. The maximum atomic E-state index is 12.1. The molecule has 2 rings (SSSR count). The van der Waals surface area contributed by atoms with Gasteiger partial charge < -0.3 is 9.80 Å². The van der Waals surface area contributed by atoms with Crippen molar-refractivity contribution in [3.05, 3.63) is 29.8 Å². The number of unbranched alkanes of at least 4 members (excludes halogenated alkanes) is 2. The molecule has 1 aliphatic rings. The number of hydrogen-bond donors (Lipinski definition) is 0. The molecule has 0 spiro atoms. The van der Waals surface area contributed by atoms with Gasteiger partial charge in [-0.1, -0.05) is 31.9 Å². The number of hydrogen-bond acceptors (Lipinski definition) is 2. The zero-order chi connectivity index (χ0) is 14.4. The molecule has 110 valence electrons. The van der Waals surface area contributed by atoms with Crippen molar-refractivity contribution < 1.29 is 4.79 Å². The van der Waals surface area contributed by atoms with Gasteiger partial charge >= 0.3 is 0 Å². The van der Waals surface area contributed by atoms with Gasteiger partial charge in [-0.25, -0.2) is 0 Å². The van der Waals surface area contributed by atoms with Crippen LogP contribution in [0.2, 0.25) is 0 Å². The SMILES string of the molecule is CCCCCC(=O)N1CCN(c2cccc(C)c2)CC1. The van der Waals surface area contributed by atoms with E-state index in [1.54, 1.807) is 0 Å². The lowest BCUT2D eigenvalue weighted by Gasteiger charge is -2.36. The first kappa shape index (κ1) is 14.9. The van der Waals surface area contributed by atoms with Gasteiger partial charge in [0.05, 0.1) is 0 Å². The first-order chi connectivity index (χ1) is 9.70. The molecule has 0 atom stereocenters. The van der Waals surface area contributed by atoms with E-state index in [1.165, 1.54) is 17.7 Å². The molecular weight excluding hydrogens is 248 g/mol. The second kappa shape index (κ2) is 7.32. The number of rotatable bonds is 5. The topological polar surface area (TPSA) is 23.6 Å².